The Bertz CT molecular complexity index is 424. The Morgan fingerprint density at radius 3 is 2.65 bits per heavy atom. The Morgan fingerprint density at radius 2 is 2.12 bits per heavy atom. The highest BCUT2D eigenvalue weighted by atomic mass is 35.5. The fourth-order valence-corrected chi connectivity index (χ4v) is 2.54. The van der Waals surface area contributed by atoms with E-state index in [9.17, 15) is 4.79 Å². The Hall–Kier alpha value is -0.420. The van der Waals surface area contributed by atoms with Crippen molar-refractivity contribution in [3.8, 4) is 0 Å². The van der Waals surface area contributed by atoms with Gasteiger partial charge in [0.15, 0.2) is 0 Å². The summed E-state index contributed by atoms with van der Waals surface area (Å²) >= 11 is 13.2. The molecule has 0 aliphatic rings. The summed E-state index contributed by atoms with van der Waals surface area (Å²) in [5.41, 5.74) is 4.43. The molecule has 0 aromatic heterocycles. The SMILES string of the molecule is CC(N)(CCSc1ccc(Cl)c(Cl)c1)C(=O)O. The summed E-state index contributed by atoms with van der Waals surface area (Å²) in [5, 5.41) is 9.84. The van der Waals surface area contributed by atoms with Crippen molar-refractivity contribution in [1.29, 1.82) is 0 Å². The van der Waals surface area contributed by atoms with Gasteiger partial charge in [0, 0.05) is 10.6 Å². The Kier molecular flexibility index (Phi) is 5.13. The lowest BCUT2D eigenvalue weighted by Crippen LogP contribution is -2.45. The summed E-state index contributed by atoms with van der Waals surface area (Å²) in [4.78, 5) is 11.7. The largest absolute Gasteiger partial charge is 0.480 e. The van der Waals surface area contributed by atoms with Gasteiger partial charge in [-0.05, 0) is 31.5 Å². The molecule has 0 aliphatic carbocycles. The number of rotatable bonds is 5. The lowest BCUT2D eigenvalue weighted by Gasteiger charge is -2.18. The third kappa shape index (κ3) is 4.39. The van der Waals surface area contributed by atoms with Gasteiger partial charge in [-0.3, -0.25) is 4.79 Å². The highest BCUT2D eigenvalue weighted by molar-refractivity contribution is 7.99. The molecule has 0 heterocycles. The highest BCUT2D eigenvalue weighted by Crippen LogP contribution is 2.28. The molecule has 0 bridgehead atoms. The number of carbonyl (C=O) groups is 1. The number of thioether (sulfide) groups is 1. The molecule has 0 fully saturated rings. The number of carboxylic acids is 1. The lowest BCUT2D eigenvalue weighted by molar-refractivity contribution is -0.142. The predicted molar refractivity (Wildman–Crippen MR) is 72.0 cm³/mol. The van der Waals surface area contributed by atoms with Gasteiger partial charge in [0.25, 0.3) is 0 Å². The minimum atomic E-state index is -1.19. The maximum Gasteiger partial charge on any atom is 0.323 e. The Morgan fingerprint density at radius 1 is 1.47 bits per heavy atom. The number of carboxylic acid groups (broad SMARTS) is 1. The average molecular weight is 294 g/mol. The standard InChI is InChI=1S/C11H13Cl2NO2S/c1-11(14,10(15)16)4-5-17-7-2-3-8(12)9(13)6-7/h2-3,6H,4-5,14H2,1H3,(H,15,16). The van der Waals surface area contributed by atoms with Crippen molar-refractivity contribution < 1.29 is 9.90 Å². The van der Waals surface area contributed by atoms with Crippen LogP contribution in [0.5, 0.6) is 0 Å². The minimum Gasteiger partial charge on any atom is -0.480 e. The van der Waals surface area contributed by atoms with E-state index < -0.39 is 11.5 Å². The van der Waals surface area contributed by atoms with Gasteiger partial charge in [0.05, 0.1) is 10.0 Å². The van der Waals surface area contributed by atoms with Gasteiger partial charge in [0.2, 0.25) is 0 Å². The molecule has 94 valence electrons. The van der Waals surface area contributed by atoms with E-state index in [1.807, 2.05) is 6.07 Å². The average Bonchev–Trinajstić information content (AvgIpc) is 2.23. The second-order valence-corrected chi connectivity index (χ2v) is 5.88. The lowest BCUT2D eigenvalue weighted by atomic mass is 10.0. The summed E-state index contributed by atoms with van der Waals surface area (Å²) in [5.74, 6) is -0.385. The zero-order valence-electron chi connectivity index (χ0n) is 9.24. The molecule has 1 atom stereocenters. The molecule has 0 spiro atoms. The zero-order chi connectivity index (χ0) is 13.1. The van der Waals surface area contributed by atoms with Crippen LogP contribution in [0.4, 0.5) is 0 Å². The Balaban J connectivity index is 2.51. The van der Waals surface area contributed by atoms with E-state index in [1.165, 1.54) is 18.7 Å². The van der Waals surface area contributed by atoms with Gasteiger partial charge in [-0.1, -0.05) is 23.2 Å². The van der Waals surface area contributed by atoms with E-state index in [0.717, 1.165) is 4.90 Å². The molecule has 3 nitrogen and oxygen atoms in total. The predicted octanol–water partition coefficient (Wildman–Crippen LogP) is 3.28. The molecular formula is C11H13Cl2NO2S. The quantitative estimate of drug-likeness (QED) is 0.818. The molecule has 3 N–H and O–H groups in total. The molecule has 0 amide bonds. The van der Waals surface area contributed by atoms with Crippen molar-refractivity contribution >= 4 is 40.9 Å². The molecule has 0 radical (unpaired) electrons. The van der Waals surface area contributed by atoms with Crippen molar-refractivity contribution in [3.63, 3.8) is 0 Å². The second-order valence-electron chi connectivity index (χ2n) is 3.90. The number of halogens is 2. The van der Waals surface area contributed by atoms with Gasteiger partial charge in [-0.2, -0.15) is 0 Å². The van der Waals surface area contributed by atoms with Gasteiger partial charge < -0.3 is 10.8 Å². The van der Waals surface area contributed by atoms with Crippen molar-refractivity contribution in [2.45, 2.75) is 23.8 Å². The van der Waals surface area contributed by atoms with Crippen molar-refractivity contribution in [1.82, 2.24) is 0 Å². The third-order valence-electron chi connectivity index (χ3n) is 2.27. The first-order valence-electron chi connectivity index (χ1n) is 4.93. The van der Waals surface area contributed by atoms with E-state index in [2.05, 4.69) is 0 Å². The fourth-order valence-electron chi connectivity index (χ4n) is 1.05. The molecule has 1 aromatic carbocycles. The molecule has 0 saturated heterocycles. The monoisotopic (exact) mass is 293 g/mol. The number of nitrogens with two attached hydrogens (primary N) is 1. The van der Waals surface area contributed by atoms with E-state index in [4.69, 9.17) is 34.0 Å². The number of hydrogen-bond acceptors (Lipinski definition) is 3. The fraction of sp³-hybridized carbons (Fsp3) is 0.364. The van der Waals surface area contributed by atoms with E-state index in [1.54, 1.807) is 12.1 Å². The topological polar surface area (TPSA) is 63.3 Å². The third-order valence-corrected chi connectivity index (χ3v) is 4.00. The molecule has 6 heteroatoms. The van der Waals surface area contributed by atoms with E-state index >= 15 is 0 Å². The van der Waals surface area contributed by atoms with Crippen LogP contribution in [0, 0.1) is 0 Å². The second kappa shape index (κ2) is 5.96. The van der Waals surface area contributed by atoms with E-state index in [-0.39, 0.29) is 0 Å². The molecule has 1 aromatic rings. The molecule has 1 unspecified atom stereocenters. The number of hydrogen-bond donors (Lipinski definition) is 2. The van der Waals surface area contributed by atoms with Gasteiger partial charge in [-0.25, -0.2) is 0 Å². The first-order chi connectivity index (χ1) is 7.83. The van der Waals surface area contributed by atoms with Crippen LogP contribution in [-0.4, -0.2) is 22.4 Å². The summed E-state index contributed by atoms with van der Waals surface area (Å²) in [6, 6.07) is 5.31. The van der Waals surface area contributed by atoms with Crippen LogP contribution in [0.25, 0.3) is 0 Å². The van der Waals surface area contributed by atoms with Crippen LogP contribution in [0.1, 0.15) is 13.3 Å². The maximum absolute atomic E-state index is 10.8. The number of aliphatic carboxylic acids is 1. The summed E-state index contributed by atoms with van der Waals surface area (Å²) in [6.45, 7) is 1.50. The summed E-state index contributed by atoms with van der Waals surface area (Å²) in [7, 11) is 0. The van der Waals surface area contributed by atoms with Crippen molar-refractivity contribution in [3.05, 3.63) is 28.2 Å². The molecule has 1 rings (SSSR count). The smallest absolute Gasteiger partial charge is 0.323 e. The summed E-state index contributed by atoms with van der Waals surface area (Å²) in [6.07, 6.45) is 0.382. The van der Waals surface area contributed by atoms with Crippen molar-refractivity contribution in [2.24, 2.45) is 5.73 Å². The van der Waals surface area contributed by atoms with Crippen LogP contribution in [0.3, 0.4) is 0 Å². The van der Waals surface area contributed by atoms with Crippen LogP contribution in [0.2, 0.25) is 10.0 Å². The molecule has 17 heavy (non-hydrogen) atoms. The highest BCUT2D eigenvalue weighted by Gasteiger charge is 2.27. The first kappa shape index (κ1) is 14.6. The minimum absolute atomic E-state index is 0.382. The maximum atomic E-state index is 10.8. The van der Waals surface area contributed by atoms with Gasteiger partial charge in [-0.15, -0.1) is 11.8 Å². The number of benzene rings is 1. The van der Waals surface area contributed by atoms with Crippen LogP contribution in [0.15, 0.2) is 23.1 Å². The normalized spacial score (nSPS) is 14.4. The van der Waals surface area contributed by atoms with Gasteiger partial charge >= 0.3 is 5.97 Å². The van der Waals surface area contributed by atoms with Crippen LogP contribution in [-0.2, 0) is 4.79 Å². The Labute approximate surface area is 114 Å². The first-order valence-corrected chi connectivity index (χ1v) is 6.67. The van der Waals surface area contributed by atoms with Crippen molar-refractivity contribution in [2.75, 3.05) is 5.75 Å². The van der Waals surface area contributed by atoms with Crippen LogP contribution >= 0.6 is 35.0 Å². The van der Waals surface area contributed by atoms with Gasteiger partial charge in [0.1, 0.15) is 5.54 Å². The van der Waals surface area contributed by atoms with E-state index in [0.29, 0.717) is 22.2 Å². The molecule has 0 saturated carbocycles. The molecule has 0 aliphatic heterocycles. The van der Waals surface area contributed by atoms with Crippen LogP contribution < -0.4 is 5.73 Å². The summed E-state index contributed by atoms with van der Waals surface area (Å²) < 4.78 is 0. The molecular weight excluding hydrogens is 281 g/mol. The zero-order valence-corrected chi connectivity index (χ0v) is 11.6.